The van der Waals surface area contributed by atoms with Crippen LogP contribution in [-0.4, -0.2) is 39.8 Å². The summed E-state index contributed by atoms with van der Waals surface area (Å²) in [6.07, 6.45) is 2.40. The molecule has 1 aromatic rings. The highest BCUT2D eigenvalue weighted by atomic mass is 16.2. The molecular weight excluding hydrogens is 234 g/mol. The molecule has 1 aliphatic heterocycles. The van der Waals surface area contributed by atoms with Gasteiger partial charge in [-0.2, -0.15) is 0 Å². The van der Waals surface area contributed by atoms with Crippen molar-refractivity contribution in [3.63, 3.8) is 0 Å². The summed E-state index contributed by atoms with van der Waals surface area (Å²) in [6, 6.07) is 0. The highest BCUT2D eigenvalue weighted by Gasteiger charge is 2.25. The van der Waals surface area contributed by atoms with E-state index in [2.05, 4.69) is 15.3 Å². The van der Waals surface area contributed by atoms with Crippen molar-refractivity contribution in [3.8, 4) is 0 Å². The monoisotopic (exact) mass is 249 g/mol. The molecule has 0 unspecified atom stereocenters. The molecule has 0 radical (unpaired) electrons. The number of rotatable bonds is 2. The van der Waals surface area contributed by atoms with Gasteiger partial charge in [-0.25, -0.2) is 9.97 Å². The van der Waals surface area contributed by atoms with E-state index < -0.39 is 11.8 Å². The number of nitrogens with zero attached hydrogens (tertiary/aromatic N) is 3. The molecule has 1 aliphatic rings. The Hall–Kier alpha value is -2.18. The molecule has 0 spiro atoms. The van der Waals surface area contributed by atoms with Gasteiger partial charge in [0.25, 0.3) is 0 Å². The number of carbonyl (C=O) groups is 2. The number of carbonyl (C=O) groups excluding carboxylic acids is 2. The quantitative estimate of drug-likeness (QED) is 0.673. The van der Waals surface area contributed by atoms with Crippen LogP contribution >= 0.6 is 0 Å². The summed E-state index contributed by atoms with van der Waals surface area (Å²) in [5.41, 5.74) is 6.76. The number of nitrogens with two attached hydrogens (primary N) is 1. The second kappa shape index (κ2) is 4.99. The van der Waals surface area contributed by atoms with Crippen molar-refractivity contribution in [2.24, 2.45) is 5.73 Å². The van der Waals surface area contributed by atoms with Crippen LogP contribution in [0.15, 0.2) is 6.20 Å². The summed E-state index contributed by atoms with van der Waals surface area (Å²) >= 11 is 0. The number of primary amides is 1. The number of amides is 2. The van der Waals surface area contributed by atoms with Crippen molar-refractivity contribution >= 4 is 17.8 Å². The molecule has 3 N–H and O–H groups in total. The van der Waals surface area contributed by atoms with Crippen LogP contribution in [0.3, 0.4) is 0 Å². The lowest BCUT2D eigenvalue weighted by Gasteiger charge is -2.26. The van der Waals surface area contributed by atoms with E-state index in [0.717, 1.165) is 17.8 Å². The molecule has 7 nitrogen and oxygen atoms in total. The fourth-order valence-corrected chi connectivity index (χ4v) is 1.88. The average Bonchev–Trinajstić information content (AvgIpc) is 2.37. The summed E-state index contributed by atoms with van der Waals surface area (Å²) in [4.78, 5) is 32.3. The smallest absolute Gasteiger partial charge is 0.312 e. The second-order valence-corrected chi connectivity index (χ2v) is 4.04. The number of hydrogen-bond donors (Lipinski definition) is 2. The number of fused-ring (bicyclic) bond motifs is 1. The van der Waals surface area contributed by atoms with E-state index in [4.69, 9.17) is 5.73 Å². The minimum Gasteiger partial charge on any atom is -0.361 e. The number of nitrogens with one attached hydrogen (secondary N) is 1. The van der Waals surface area contributed by atoms with Crippen LogP contribution < -0.4 is 11.1 Å². The molecule has 7 heteroatoms. The molecule has 0 aliphatic carbocycles. The Morgan fingerprint density at radius 3 is 3.00 bits per heavy atom. The van der Waals surface area contributed by atoms with Gasteiger partial charge >= 0.3 is 11.8 Å². The molecule has 0 saturated heterocycles. The Morgan fingerprint density at radius 1 is 1.56 bits per heavy atom. The van der Waals surface area contributed by atoms with Crippen molar-refractivity contribution in [1.29, 1.82) is 0 Å². The van der Waals surface area contributed by atoms with E-state index in [1.807, 2.05) is 6.92 Å². The second-order valence-electron chi connectivity index (χ2n) is 4.04. The maximum absolute atomic E-state index is 11.5. The van der Waals surface area contributed by atoms with Gasteiger partial charge in [-0.05, 0) is 18.9 Å². The number of hydrogen-bond acceptors (Lipinski definition) is 5. The SMILES string of the molecule is CCNc1ncc2c(n1)CN(C(=O)C(N)=O)CC2. The molecule has 0 atom stereocenters. The molecule has 2 amide bonds. The molecule has 0 bridgehead atoms. The lowest BCUT2D eigenvalue weighted by molar-refractivity contribution is -0.144. The molecule has 0 fully saturated rings. The fourth-order valence-electron chi connectivity index (χ4n) is 1.88. The predicted molar refractivity (Wildman–Crippen MR) is 64.5 cm³/mol. The normalized spacial score (nSPS) is 13.9. The van der Waals surface area contributed by atoms with Crippen LogP contribution in [0.25, 0.3) is 0 Å². The molecule has 1 aromatic heterocycles. The van der Waals surface area contributed by atoms with Gasteiger partial charge in [0.2, 0.25) is 5.95 Å². The summed E-state index contributed by atoms with van der Waals surface area (Å²) < 4.78 is 0. The van der Waals surface area contributed by atoms with Gasteiger partial charge in [0.1, 0.15) is 0 Å². The van der Waals surface area contributed by atoms with Crippen molar-refractivity contribution in [2.45, 2.75) is 19.9 Å². The van der Waals surface area contributed by atoms with E-state index >= 15 is 0 Å². The minimum atomic E-state index is -0.931. The zero-order valence-corrected chi connectivity index (χ0v) is 10.1. The lowest BCUT2D eigenvalue weighted by atomic mass is 10.1. The van der Waals surface area contributed by atoms with E-state index in [9.17, 15) is 9.59 Å². The van der Waals surface area contributed by atoms with Crippen molar-refractivity contribution in [2.75, 3.05) is 18.4 Å². The van der Waals surface area contributed by atoms with Crippen molar-refractivity contribution in [3.05, 3.63) is 17.5 Å². The highest BCUT2D eigenvalue weighted by molar-refractivity contribution is 6.34. The third-order valence-corrected chi connectivity index (χ3v) is 2.78. The average molecular weight is 249 g/mol. The van der Waals surface area contributed by atoms with Crippen molar-refractivity contribution in [1.82, 2.24) is 14.9 Å². The predicted octanol–water partition coefficient (Wildman–Crippen LogP) is -0.722. The third kappa shape index (κ3) is 2.39. The van der Waals surface area contributed by atoms with E-state index in [1.54, 1.807) is 6.20 Å². The number of anilines is 1. The van der Waals surface area contributed by atoms with Gasteiger partial charge < -0.3 is 16.0 Å². The van der Waals surface area contributed by atoms with Crippen LogP contribution in [0.2, 0.25) is 0 Å². The van der Waals surface area contributed by atoms with Crippen LogP contribution in [0, 0.1) is 0 Å². The van der Waals surface area contributed by atoms with Gasteiger partial charge in [0.05, 0.1) is 12.2 Å². The lowest BCUT2D eigenvalue weighted by Crippen LogP contribution is -2.43. The first-order valence-corrected chi connectivity index (χ1v) is 5.79. The van der Waals surface area contributed by atoms with Gasteiger partial charge in [0.15, 0.2) is 0 Å². The summed E-state index contributed by atoms with van der Waals surface area (Å²) in [5.74, 6) is -1.06. The Balaban J connectivity index is 2.19. The molecule has 2 rings (SSSR count). The summed E-state index contributed by atoms with van der Waals surface area (Å²) in [6.45, 7) is 3.45. The molecule has 2 heterocycles. The van der Waals surface area contributed by atoms with Crippen LogP contribution in [0.1, 0.15) is 18.2 Å². The van der Waals surface area contributed by atoms with Gasteiger partial charge in [-0.15, -0.1) is 0 Å². The number of aromatic nitrogens is 2. The van der Waals surface area contributed by atoms with Gasteiger partial charge in [0, 0.05) is 19.3 Å². The van der Waals surface area contributed by atoms with E-state index in [1.165, 1.54) is 4.90 Å². The third-order valence-electron chi connectivity index (χ3n) is 2.78. The minimum absolute atomic E-state index is 0.304. The van der Waals surface area contributed by atoms with Crippen LogP contribution in [0.4, 0.5) is 5.95 Å². The molecule has 96 valence electrons. The molecule has 0 aromatic carbocycles. The molecule has 0 saturated carbocycles. The van der Waals surface area contributed by atoms with Gasteiger partial charge in [-0.1, -0.05) is 0 Å². The Labute approximate surface area is 104 Å². The molecular formula is C11H15N5O2. The summed E-state index contributed by atoms with van der Waals surface area (Å²) in [7, 11) is 0. The first-order valence-electron chi connectivity index (χ1n) is 5.79. The summed E-state index contributed by atoms with van der Waals surface area (Å²) in [5, 5.41) is 3.01. The first-order chi connectivity index (χ1) is 8.61. The standard InChI is InChI=1S/C11H15N5O2/c1-2-13-11-14-5-7-3-4-16(6-8(7)15-11)10(18)9(12)17/h5H,2-4,6H2,1H3,(H2,12,17)(H,13,14,15). The highest BCUT2D eigenvalue weighted by Crippen LogP contribution is 2.17. The zero-order chi connectivity index (χ0) is 13.1. The fraction of sp³-hybridized carbons (Fsp3) is 0.455. The van der Waals surface area contributed by atoms with Crippen molar-refractivity contribution < 1.29 is 9.59 Å². The Kier molecular flexibility index (Phi) is 3.40. The Morgan fingerprint density at radius 2 is 2.33 bits per heavy atom. The van der Waals surface area contributed by atoms with E-state index in [0.29, 0.717) is 25.5 Å². The molecule has 18 heavy (non-hydrogen) atoms. The topological polar surface area (TPSA) is 101 Å². The van der Waals surface area contributed by atoms with Crippen LogP contribution in [-0.2, 0) is 22.6 Å². The maximum Gasteiger partial charge on any atom is 0.312 e. The zero-order valence-electron chi connectivity index (χ0n) is 10.1. The largest absolute Gasteiger partial charge is 0.361 e. The van der Waals surface area contributed by atoms with E-state index in [-0.39, 0.29) is 0 Å². The Bertz CT molecular complexity index is 488. The first kappa shape index (κ1) is 12.3. The maximum atomic E-state index is 11.5. The van der Waals surface area contributed by atoms with Gasteiger partial charge in [-0.3, -0.25) is 9.59 Å². The van der Waals surface area contributed by atoms with Crippen LogP contribution in [0.5, 0.6) is 0 Å².